The molecule has 4 heteroatoms. The van der Waals surface area contributed by atoms with E-state index in [1.165, 1.54) is 0 Å². The summed E-state index contributed by atoms with van der Waals surface area (Å²) in [5, 5.41) is 18.3. The van der Waals surface area contributed by atoms with Gasteiger partial charge in [-0.3, -0.25) is 0 Å². The third-order valence-corrected chi connectivity index (χ3v) is 3.27. The van der Waals surface area contributed by atoms with Gasteiger partial charge >= 0.3 is 0 Å². The Bertz CT molecular complexity index is 710. The van der Waals surface area contributed by atoms with Crippen LogP contribution in [-0.4, -0.2) is 7.05 Å². The van der Waals surface area contributed by atoms with Gasteiger partial charge in [0.15, 0.2) is 0 Å². The first-order valence-electron chi connectivity index (χ1n) is 6.04. The predicted octanol–water partition coefficient (Wildman–Crippen LogP) is 3.72. The minimum absolute atomic E-state index is 0.540. The molecule has 2 aromatic carbocycles. The third kappa shape index (κ3) is 3.09. The summed E-state index contributed by atoms with van der Waals surface area (Å²) in [5.74, 6) is 0. The Kier molecular flexibility index (Phi) is 4.25. The average molecular weight is 282 g/mol. The van der Waals surface area contributed by atoms with Gasteiger partial charge < -0.3 is 4.90 Å². The lowest BCUT2D eigenvalue weighted by atomic mass is 10.1. The molecule has 0 bridgehead atoms. The summed E-state index contributed by atoms with van der Waals surface area (Å²) < 4.78 is 0. The molecule has 0 aromatic heterocycles. The van der Waals surface area contributed by atoms with Crippen molar-refractivity contribution in [2.24, 2.45) is 0 Å². The molecule has 0 aliphatic heterocycles. The van der Waals surface area contributed by atoms with Crippen LogP contribution in [0, 0.1) is 22.7 Å². The van der Waals surface area contributed by atoms with Crippen LogP contribution >= 0.6 is 11.6 Å². The summed E-state index contributed by atoms with van der Waals surface area (Å²) in [6, 6.07) is 16.9. The minimum Gasteiger partial charge on any atom is -0.369 e. The Morgan fingerprint density at radius 1 is 1.05 bits per heavy atom. The molecule has 0 spiro atoms. The fourth-order valence-corrected chi connectivity index (χ4v) is 2.31. The van der Waals surface area contributed by atoms with E-state index in [4.69, 9.17) is 22.1 Å². The Morgan fingerprint density at radius 2 is 1.75 bits per heavy atom. The first-order chi connectivity index (χ1) is 9.63. The molecule has 0 atom stereocenters. The molecule has 2 rings (SSSR count). The summed E-state index contributed by atoms with van der Waals surface area (Å²) in [7, 11) is 1.92. The van der Waals surface area contributed by atoms with E-state index in [9.17, 15) is 0 Å². The molecule has 0 fully saturated rings. The van der Waals surface area contributed by atoms with Crippen LogP contribution in [0.4, 0.5) is 5.69 Å². The summed E-state index contributed by atoms with van der Waals surface area (Å²) in [4.78, 5) is 1.99. The topological polar surface area (TPSA) is 50.8 Å². The molecule has 0 N–H and O–H groups in total. The standard InChI is InChI=1S/C16H12ClN3/c1-20(11-14-4-2-3-12(7-14)9-18)16-6-5-13(10-19)8-15(16)17/h2-8H,11H2,1H3. The summed E-state index contributed by atoms with van der Waals surface area (Å²) in [5.41, 5.74) is 3.07. The van der Waals surface area contributed by atoms with Crippen LogP contribution in [0.1, 0.15) is 16.7 Å². The molecule has 20 heavy (non-hydrogen) atoms. The number of nitrogens with zero attached hydrogens (tertiary/aromatic N) is 3. The fraction of sp³-hybridized carbons (Fsp3) is 0.125. The molecule has 0 aliphatic rings. The lowest BCUT2D eigenvalue weighted by Crippen LogP contribution is -2.16. The molecule has 98 valence electrons. The minimum atomic E-state index is 0.540. The highest BCUT2D eigenvalue weighted by Crippen LogP contribution is 2.27. The Morgan fingerprint density at radius 3 is 2.40 bits per heavy atom. The highest BCUT2D eigenvalue weighted by Gasteiger charge is 2.08. The maximum atomic E-state index is 8.90. The number of anilines is 1. The van der Waals surface area contributed by atoms with Crippen LogP contribution in [0.25, 0.3) is 0 Å². The molecule has 0 unspecified atom stereocenters. The highest BCUT2D eigenvalue weighted by atomic mass is 35.5. The zero-order valence-electron chi connectivity index (χ0n) is 11.0. The molecule has 0 radical (unpaired) electrons. The van der Waals surface area contributed by atoms with Gasteiger partial charge in [-0.05, 0) is 35.9 Å². The van der Waals surface area contributed by atoms with Gasteiger partial charge in [0.1, 0.15) is 0 Å². The van der Waals surface area contributed by atoms with Crippen molar-refractivity contribution in [3.8, 4) is 12.1 Å². The SMILES string of the molecule is CN(Cc1cccc(C#N)c1)c1ccc(C#N)cc1Cl. The first-order valence-corrected chi connectivity index (χ1v) is 6.41. The van der Waals surface area contributed by atoms with Gasteiger partial charge in [-0.25, -0.2) is 0 Å². The van der Waals surface area contributed by atoms with Crippen LogP contribution < -0.4 is 4.90 Å². The van der Waals surface area contributed by atoms with E-state index < -0.39 is 0 Å². The van der Waals surface area contributed by atoms with Crippen LogP contribution in [0.5, 0.6) is 0 Å². The zero-order chi connectivity index (χ0) is 14.5. The summed E-state index contributed by atoms with van der Waals surface area (Å²) in [6.45, 7) is 0.640. The van der Waals surface area contributed by atoms with Crippen LogP contribution in [0.15, 0.2) is 42.5 Å². The van der Waals surface area contributed by atoms with E-state index in [1.807, 2.05) is 36.2 Å². The van der Waals surface area contributed by atoms with Crippen LogP contribution in [-0.2, 0) is 6.54 Å². The third-order valence-electron chi connectivity index (χ3n) is 2.96. The Balaban J connectivity index is 2.22. The number of rotatable bonds is 3. The van der Waals surface area contributed by atoms with E-state index in [2.05, 4.69) is 12.1 Å². The van der Waals surface area contributed by atoms with E-state index in [-0.39, 0.29) is 0 Å². The lowest BCUT2D eigenvalue weighted by Gasteiger charge is -2.21. The van der Waals surface area contributed by atoms with Crippen molar-refractivity contribution in [2.45, 2.75) is 6.54 Å². The van der Waals surface area contributed by atoms with Gasteiger partial charge in [0.05, 0.1) is 34.0 Å². The zero-order valence-corrected chi connectivity index (χ0v) is 11.7. The van der Waals surface area contributed by atoms with Crippen molar-refractivity contribution in [1.82, 2.24) is 0 Å². The van der Waals surface area contributed by atoms with Crippen molar-refractivity contribution in [3.63, 3.8) is 0 Å². The van der Waals surface area contributed by atoms with Crippen molar-refractivity contribution in [2.75, 3.05) is 11.9 Å². The number of nitriles is 2. The Labute approximate surface area is 123 Å². The van der Waals surface area contributed by atoms with Crippen LogP contribution in [0.2, 0.25) is 5.02 Å². The van der Waals surface area contributed by atoms with Crippen molar-refractivity contribution in [1.29, 1.82) is 10.5 Å². The molecular formula is C16H12ClN3. The Hall–Kier alpha value is -2.49. The molecule has 2 aromatic rings. The smallest absolute Gasteiger partial charge is 0.0992 e. The number of halogens is 1. The molecule has 0 amide bonds. The second-order valence-electron chi connectivity index (χ2n) is 4.45. The van der Waals surface area contributed by atoms with E-state index >= 15 is 0 Å². The van der Waals surface area contributed by atoms with Gasteiger partial charge in [-0.1, -0.05) is 23.7 Å². The summed E-state index contributed by atoms with van der Waals surface area (Å²) >= 11 is 6.18. The van der Waals surface area contributed by atoms with E-state index in [0.717, 1.165) is 11.3 Å². The van der Waals surface area contributed by atoms with Crippen molar-refractivity contribution >= 4 is 17.3 Å². The van der Waals surface area contributed by atoms with Crippen LogP contribution in [0.3, 0.4) is 0 Å². The van der Waals surface area contributed by atoms with Gasteiger partial charge in [0, 0.05) is 13.6 Å². The lowest BCUT2D eigenvalue weighted by molar-refractivity contribution is 0.922. The maximum Gasteiger partial charge on any atom is 0.0992 e. The molecule has 0 aliphatic carbocycles. The van der Waals surface area contributed by atoms with Gasteiger partial charge in [0.2, 0.25) is 0 Å². The molecule has 3 nitrogen and oxygen atoms in total. The largest absolute Gasteiger partial charge is 0.369 e. The molecular weight excluding hydrogens is 270 g/mol. The maximum absolute atomic E-state index is 8.90. The number of hydrogen-bond donors (Lipinski definition) is 0. The first kappa shape index (κ1) is 13.9. The van der Waals surface area contributed by atoms with Gasteiger partial charge in [-0.15, -0.1) is 0 Å². The highest BCUT2D eigenvalue weighted by molar-refractivity contribution is 6.33. The molecule has 0 heterocycles. The normalized spacial score (nSPS) is 9.60. The van der Waals surface area contributed by atoms with E-state index in [1.54, 1.807) is 18.2 Å². The van der Waals surface area contributed by atoms with Crippen molar-refractivity contribution in [3.05, 3.63) is 64.2 Å². The van der Waals surface area contributed by atoms with E-state index in [0.29, 0.717) is 22.7 Å². The van der Waals surface area contributed by atoms with Gasteiger partial charge in [0.25, 0.3) is 0 Å². The fourth-order valence-electron chi connectivity index (χ4n) is 1.98. The predicted molar refractivity (Wildman–Crippen MR) is 79.4 cm³/mol. The second kappa shape index (κ2) is 6.10. The molecule has 0 saturated heterocycles. The average Bonchev–Trinajstić information content (AvgIpc) is 2.47. The second-order valence-corrected chi connectivity index (χ2v) is 4.85. The number of hydrogen-bond acceptors (Lipinski definition) is 3. The van der Waals surface area contributed by atoms with Crippen molar-refractivity contribution < 1.29 is 0 Å². The van der Waals surface area contributed by atoms with Gasteiger partial charge in [-0.2, -0.15) is 10.5 Å². The number of benzene rings is 2. The summed E-state index contributed by atoms with van der Waals surface area (Å²) in [6.07, 6.45) is 0. The monoisotopic (exact) mass is 281 g/mol. The quantitative estimate of drug-likeness (QED) is 0.861. The molecule has 0 saturated carbocycles.